The van der Waals surface area contributed by atoms with Crippen molar-refractivity contribution in [3.63, 3.8) is 0 Å². The molecule has 0 bridgehead atoms. The number of ether oxygens (including phenoxy) is 1. The number of likely N-dealkylation sites (N-methyl/N-ethyl adjacent to an activating group) is 1. The molecule has 0 saturated heterocycles. The summed E-state index contributed by atoms with van der Waals surface area (Å²) in [5, 5.41) is 5.07. The van der Waals surface area contributed by atoms with Crippen molar-refractivity contribution in [3.05, 3.63) is 35.4 Å². The molecule has 6 nitrogen and oxygen atoms in total. The van der Waals surface area contributed by atoms with E-state index < -0.39 is 24.5 Å². The predicted molar refractivity (Wildman–Crippen MR) is 91.7 cm³/mol. The molecule has 0 heterocycles. The highest BCUT2D eigenvalue weighted by Crippen LogP contribution is 2.22. The molecule has 2 amide bonds. The lowest BCUT2D eigenvalue weighted by atomic mass is 9.87. The van der Waals surface area contributed by atoms with Crippen molar-refractivity contribution in [1.29, 1.82) is 0 Å². The number of rotatable bonds is 6. The average molecular weight is 334 g/mol. The van der Waals surface area contributed by atoms with Crippen LogP contribution in [-0.2, 0) is 19.7 Å². The molecule has 2 N–H and O–H groups in total. The summed E-state index contributed by atoms with van der Waals surface area (Å²) in [5.74, 6) is -1.38. The van der Waals surface area contributed by atoms with E-state index in [2.05, 4.69) is 31.4 Å². The Bertz CT molecular complexity index is 588. The third kappa shape index (κ3) is 6.02. The van der Waals surface area contributed by atoms with Gasteiger partial charge in [-0.25, -0.2) is 4.79 Å². The normalized spacial score (nSPS) is 12.2. The Hall–Kier alpha value is -2.37. The number of nitrogens with one attached hydrogen (secondary N) is 2. The lowest BCUT2D eigenvalue weighted by Crippen LogP contribution is -2.46. The van der Waals surface area contributed by atoms with E-state index >= 15 is 0 Å². The SMILES string of the molecule is CCNC(=O)[C@@H](C)NC(=O)COC(=O)c1ccc(C(C)(C)C)cc1. The second-order valence-electron chi connectivity index (χ2n) is 6.59. The van der Waals surface area contributed by atoms with Crippen LogP contribution in [0.2, 0.25) is 0 Å². The van der Waals surface area contributed by atoms with Crippen LogP contribution in [0.15, 0.2) is 24.3 Å². The van der Waals surface area contributed by atoms with E-state index in [0.717, 1.165) is 5.56 Å². The minimum absolute atomic E-state index is 0.00246. The standard InChI is InChI=1S/C18H26N2O4/c1-6-19-16(22)12(2)20-15(21)11-24-17(23)13-7-9-14(10-8-13)18(3,4)5/h7-10,12H,6,11H2,1-5H3,(H,19,22)(H,20,21)/t12-/m1/s1. The molecule has 132 valence electrons. The number of benzene rings is 1. The lowest BCUT2D eigenvalue weighted by Gasteiger charge is -2.19. The molecule has 1 aromatic rings. The average Bonchev–Trinajstić information content (AvgIpc) is 2.52. The molecule has 6 heteroatoms. The number of esters is 1. The molecule has 1 atom stereocenters. The minimum atomic E-state index is -0.678. The Morgan fingerprint density at radius 3 is 2.21 bits per heavy atom. The van der Waals surface area contributed by atoms with Gasteiger partial charge in [0.2, 0.25) is 5.91 Å². The Labute approximate surface area is 143 Å². The highest BCUT2D eigenvalue weighted by atomic mass is 16.5. The maximum absolute atomic E-state index is 12.0. The molecular formula is C18H26N2O4. The van der Waals surface area contributed by atoms with Crippen molar-refractivity contribution in [1.82, 2.24) is 10.6 Å². The lowest BCUT2D eigenvalue weighted by molar-refractivity contribution is -0.130. The smallest absolute Gasteiger partial charge is 0.338 e. The predicted octanol–water partition coefficient (Wildman–Crippen LogP) is 1.78. The van der Waals surface area contributed by atoms with Crippen molar-refractivity contribution in [2.24, 2.45) is 0 Å². The fourth-order valence-corrected chi connectivity index (χ4v) is 2.00. The van der Waals surface area contributed by atoms with Gasteiger partial charge in [-0.05, 0) is 37.0 Å². The highest BCUT2D eigenvalue weighted by molar-refractivity contribution is 5.92. The summed E-state index contributed by atoms with van der Waals surface area (Å²) in [7, 11) is 0. The van der Waals surface area contributed by atoms with E-state index in [9.17, 15) is 14.4 Å². The third-order valence-electron chi connectivity index (χ3n) is 3.44. The minimum Gasteiger partial charge on any atom is -0.452 e. The number of carbonyl (C=O) groups is 3. The number of amides is 2. The first-order valence-corrected chi connectivity index (χ1v) is 8.00. The zero-order valence-corrected chi connectivity index (χ0v) is 14.9. The van der Waals surface area contributed by atoms with Crippen LogP contribution in [-0.4, -0.2) is 37.0 Å². The molecule has 0 fully saturated rings. The summed E-state index contributed by atoms with van der Waals surface area (Å²) in [6, 6.07) is 6.42. The van der Waals surface area contributed by atoms with Gasteiger partial charge in [-0.15, -0.1) is 0 Å². The van der Waals surface area contributed by atoms with Crippen LogP contribution < -0.4 is 10.6 Å². The monoisotopic (exact) mass is 334 g/mol. The van der Waals surface area contributed by atoms with Gasteiger partial charge in [0.1, 0.15) is 6.04 Å². The first kappa shape index (κ1) is 19.7. The van der Waals surface area contributed by atoms with E-state index in [0.29, 0.717) is 12.1 Å². The zero-order chi connectivity index (χ0) is 18.3. The molecule has 24 heavy (non-hydrogen) atoms. The fraction of sp³-hybridized carbons (Fsp3) is 0.500. The molecular weight excluding hydrogens is 308 g/mol. The van der Waals surface area contributed by atoms with Crippen molar-refractivity contribution < 1.29 is 19.1 Å². The summed E-state index contributed by atoms with van der Waals surface area (Å²) in [6.45, 7) is 9.67. The van der Waals surface area contributed by atoms with Gasteiger partial charge < -0.3 is 15.4 Å². The van der Waals surface area contributed by atoms with Crippen LogP contribution in [0.5, 0.6) is 0 Å². The topological polar surface area (TPSA) is 84.5 Å². The van der Waals surface area contributed by atoms with Gasteiger partial charge in [0.15, 0.2) is 6.61 Å². The fourth-order valence-electron chi connectivity index (χ4n) is 2.00. The van der Waals surface area contributed by atoms with Crippen LogP contribution in [0, 0.1) is 0 Å². The Morgan fingerprint density at radius 1 is 1.12 bits per heavy atom. The molecule has 0 aliphatic rings. The van der Waals surface area contributed by atoms with Gasteiger partial charge in [-0.1, -0.05) is 32.9 Å². The molecule has 1 rings (SSSR count). The van der Waals surface area contributed by atoms with Crippen LogP contribution in [0.1, 0.15) is 50.5 Å². The maximum atomic E-state index is 12.0. The molecule has 0 spiro atoms. The molecule has 0 aliphatic carbocycles. The second kappa shape index (κ2) is 8.47. The number of hydrogen-bond donors (Lipinski definition) is 2. The highest BCUT2D eigenvalue weighted by Gasteiger charge is 2.17. The first-order chi connectivity index (χ1) is 11.1. The summed E-state index contributed by atoms with van der Waals surface area (Å²) in [6.07, 6.45) is 0. The van der Waals surface area contributed by atoms with E-state index in [-0.39, 0.29) is 11.3 Å². The Balaban J connectivity index is 2.51. The molecule has 0 aromatic heterocycles. The first-order valence-electron chi connectivity index (χ1n) is 8.00. The Kier molecular flexibility index (Phi) is 6.95. The quantitative estimate of drug-likeness (QED) is 0.777. The molecule has 0 saturated carbocycles. The number of carbonyl (C=O) groups excluding carboxylic acids is 3. The second-order valence-corrected chi connectivity index (χ2v) is 6.59. The van der Waals surface area contributed by atoms with E-state index in [4.69, 9.17) is 4.74 Å². The molecule has 0 aliphatic heterocycles. The van der Waals surface area contributed by atoms with Gasteiger partial charge in [-0.2, -0.15) is 0 Å². The van der Waals surface area contributed by atoms with Crippen molar-refractivity contribution in [2.75, 3.05) is 13.2 Å². The third-order valence-corrected chi connectivity index (χ3v) is 3.44. The van der Waals surface area contributed by atoms with Gasteiger partial charge >= 0.3 is 5.97 Å². The molecule has 1 aromatic carbocycles. The van der Waals surface area contributed by atoms with Crippen LogP contribution in [0.3, 0.4) is 0 Å². The van der Waals surface area contributed by atoms with E-state index in [1.54, 1.807) is 26.0 Å². The van der Waals surface area contributed by atoms with Gasteiger partial charge in [0.05, 0.1) is 5.56 Å². The van der Waals surface area contributed by atoms with Crippen molar-refractivity contribution in [3.8, 4) is 0 Å². The summed E-state index contributed by atoms with van der Waals surface area (Å²) in [4.78, 5) is 35.2. The van der Waals surface area contributed by atoms with E-state index in [1.807, 2.05) is 12.1 Å². The summed E-state index contributed by atoms with van der Waals surface area (Å²) >= 11 is 0. The molecule has 0 unspecified atom stereocenters. The Morgan fingerprint density at radius 2 is 1.71 bits per heavy atom. The zero-order valence-electron chi connectivity index (χ0n) is 14.9. The van der Waals surface area contributed by atoms with Gasteiger partial charge in [0, 0.05) is 6.54 Å². The van der Waals surface area contributed by atoms with Crippen LogP contribution in [0.25, 0.3) is 0 Å². The number of hydrogen-bond acceptors (Lipinski definition) is 4. The summed E-state index contributed by atoms with van der Waals surface area (Å²) < 4.78 is 4.97. The summed E-state index contributed by atoms with van der Waals surface area (Å²) in [5.41, 5.74) is 1.48. The van der Waals surface area contributed by atoms with Crippen LogP contribution >= 0.6 is 0 Å². The maximum Gasteiger partial charge on any atom is 0.338 e. The van der Waals surface area contributed by atoms with Crippen molar-refractivity contribution in [2.45, 2.75) is 46.1 Å². The van der Waals surface area contributed by atoms with Gasteiger partial charge in [0.25, 0.3) is 5.91 Å². The van der Waals surface area contributed by atoms with Crippen molar-refractivity contribution >= 4 is 17.8 Å². The van der Waals surface area contributed by atoms with Crippen LogP contribution in [0.4, 0.5) is 0 Å². The largest absolute Gasteiger partial charge is 0.452 e. The van der Waals surface area contributed by atoms with E-state index in [1.165, 1.54) is 0 Å². The molecule has 0 radical (unpaired) electrons. The van der Waals surface area contributed by atoms with Gasteiger partial charge in [-0.3, -0.25) is 9.59 Å².